The Morgan fingerprint density at radius 2 is 1.82 bits per heavy atom. The summed E-state index contributed by atoms with van der Waals surface area (Å²) in [6, 6.07) is 9.12. The molecule has 0 radical (unpaired) electrons. The molecule has 0 spiro atoms. The maximum absolute atomic E-state index is 12.9. The average Bonchev–Trinajstić information content (AvgIpc) is 2.80. The summed E-state index contributed by atoms with van der Waals surface area (Å²) >= 11 is 0. The number of nitrogens with one attached hydrogen (secondary N) is 2. The Kier molecular flexibility index (Phi) is 13.5. The van der Waals surface area contributed by atoms with Crippen LogP contribution < -0.4 is 10.6 Å². The number of rotatable bonds is 17. The molecule has 2 atom stereocenters. The van der Waals surface area contributed by atoms with Crippen LogP contribution in [-0.4, -0.2) is 47.7 Å². The van der Waals surface area contributed by atoms with Gasteiger partial charge < -0.3 is 20.5 Å². The van der Waals surface area contributed by atoms with E-state index >= 15 is 0 Å². The Morgan fingerprint density at radius 1 is 1.12 bits per heavy atom. The van der Waals surface area contributed by atoms with Gasteiger partial charge in [-0.25, -0.2) is 0 Å². The maximum Gasteiger partial charge on any atom is 0.305 e. The predicted octanol–water partition coefficient (Wildman–Crippen LogP) is 3.47. The SMILES string of the molecule is C=CCCCCC(=O)OCC(C)(C)NC(=O)C(CC=C)CC(=O)NC(CO)Cc1ccccc1. The van der Waals surface area contributed by atoms with Crippen molar-refractivity contribution in [3.8, 4) is 0 Å². The fourth-order valence-electron chi connectivity index (χ4n) is 3.42. The molecule has 7 nitrogen and oxygen atoms in total. The molecule has 0 aliphatic heterocycles. The van der Waals surface area contributed by atoms with Crippen LogP contribution in [-0.2, 0) is 25.5 Å². The highest BCUT2D eigenvalue weighted by atomic mass is 16.5. The molecule has 3 N–H and O–H groups in total. The molecule has 2 amide bonds. The van der Waals surface area contributed by atoms with Crippen molar-refractivity contribution in [3.63, 3.8) is 0 Å². The fourth-order valence-corrected chi connectivity index (χ4v) is 3.42. The smallest absolute Gasteiger partial charge is 0.305 e. The van der Waals surface area contributed by atoms with Crippen molar-refractivity contribution in [2.45, 2.75) is 70.4 Å². The van der Waals surface area contributed by atoms with E-state index < -0.39 is 17.5 Å². The summed E-state index contributed by atoms with van der Waals surface area (Å²) < 4.78 is 5.33. The van der Waals surface area contributed by atoms with Gasteiger partial charge in [0.05, 0.1) is 24.1 Å². The van der Waals surface area contributed by atoms with Gasteiger partial charge in [0, 0.05) is 12.8 Å². The van der Waals surface area contributed by atoms with E-state index in [1.807, 2.05) is 36.4 Å². The minimum atomic E-state index is -0.787. The molecule has 0 heterocycles. The van der Waals surface area contributed by atoms with Crippen LogP contribution in [0.2, 0.25) is 0 Å². The lowest BCUT2D eigenvalue weighted by atomic mass is 9.97. The van der Waals surface area contributed by atoms with Gasteiger partial charge in [-0.15, -0.1) is 13.2 Å². The van der Waals surface area contributed by atoms with Gasteiger partial charge in [-0.05, 0) is 51.5 Å². The van der Waals surface area contributed by atoms with Crippen molar-refractivity contribution in [1.82, 2.24) is 10.6 Å². The molecule has 7 heteroatoms. The Bertz CT molecular complexity index is 791. The number of hydrogen-bond acceptors (Lipinski definition) is 5. The maximum atomic E-state index is 12.9. The zero-order valence-electron chi connectivity index (χ0n) is 20.6. The molecule has 0 aliphatic rings. The summed E-state index contributed by atoms with van der Waals surface area (Å²) in [4.78, 5) is 37.4. The number of hydrogen-bond donors (Lipinski definition) is 3. The van der Waals surface area contributed by atoms with Crippen molar-refractivity contribution < 1.29 is 24.2 Å². The summed E-state index contributed by atoms with van der Waals surface area (Å²) in [6.45, 7) is 10.7. The van der Waals surface area contributed by atoms with Crippen molar-refractivity contribution >= 4 is 17.8 Å². The second-order valence-electron chi connectivity index (χ2n) is 9.13. The van der Waals surface area contributed by atoms with Crippen LogP contribution in [0.5, 0.6) is 0 Å². The molecule has 0 fully saturated rings. The van der Waals surface area contributed by atoms with Gasteiger partial charge in [-0.2, -0.15) is 0 Å². The van der Waals surface area contributed by atoms with E-state index in [1.165, 1.54) is 0 Å². The lowest BCUT2D eigenvalue weighted by molar-refractivity contribution is -0.147. The lowest BCUT2D eigenvalue weighted by Crippen LogP contribution is -2.50. The van der Waals surface area contributed by atoms with Gasteiger partial charge in [-0.1, -0.05) is 42.5 Å². The highest BCUT2D eigenvalue weighted by Crippen LogP contribution is 2.14. The van der Waals surface area contributed by atoms with E-state index in [1.54, 1.807) is 19.9 Å². The topological polar surface area (TPSA) is 105 Å². The highest BCUT2D eigenvalue weighted by Gasteiger charge is 2.28. The van der Waals surface area contributed by atoms with E-state index in [9.17, 15) is 19.5 Å². The molecular formula is C27H40N2O5. The van der Waals surface area contributed by atoms with E-state index in [-0.39, 0.29) is 37.4 Å². The molecular weight excluding hydrogens is 432 g/mol. The number of amides is 2. The summed E-state index contributed by atoms with van der Waals surface area (Å²) in [6.07, 6.45) is 6.99. The quantitative estimate of drug-likeness (QED) is 0.183. The Hall–Kier alpha value is -2.93. The lowest BCUT2D eigenvalue weighted by Gasteiger charge is -2.28. The van der Waals surface area contributed by atoms with E-state index in [4.69, 9.17) is 4.74 Å². The third-order valence-corrected chi connectivity index (χ3v) is 5.26. The number of benzene rings is 1. The normalized spacial score (nSPS) is 12.8. The molecule has 1 rings (SSSR count). The van der Waals surface area contributed by atoms with Crippen molar-refractivity contribution in [3.05, 3.63) is 61.2 Å². The number of aliphatic hydroxyl groups excluding tert-OH is 1. The van der Waals surface area contributed by atoms with Gasteiger partial charge in [0.1, 0.15) is 6.61 Å². The van der Waals surface area contributed by atoms with Crippen molar-refractivity contribution in [1.29, 1.82) is 0 Å². The summed E-state index contributed by atoms with van der Waals surface area (Å²) in [5, 5.41) is 15.4. The zero-order valence-corrected chi connectivity index (χ0v) is 20.6. The van der Waals surface area contributed by atoms with Crippen LogP contribution in [0.1, 0.15) is 57.9 Å². The minimum absolute atomic E-state index is 0.0374. The Morgan fingerprint density at radius 3 is 2.44 bits per heavy atom. The summed E-state index contributed by atoms with van der Waals surface area (Å²) in [5.41, 5.74) is 0.212. The predicted molar refractivity (Wildman–Crippen MR) is 134 cm³/mol. The number of aliphatic hydroxyl groups is 1. The van der Waals surface area contributed by atoms with Gasteiger partial charge in [-0.3, -0.25) is 14.4 Å². The van der Waals surface area contributed by atoms with E-state index in [0.717, 1.165) is 24.8 Å². The minimum Gasteiger partial charge on any atom is -0.463 e. The molecule has 0 aliphatic carbocycles. The molecule has 0 saturated carbocycles. The molecule has 0 aromatic heterocycles. The highest BCUT2D eigenvalue weighted by molar-refractivity contribution is 5.86. The van der Waals surface area contributed by atoms with Crippen LogP contribution in [0, 0.1) is 5.92 Å². The molecule has 0 saturated heterocycles. The molecule has 2 unspecified atom stereocenters. The van der Waals surface area contributed by atoms with E-state index in [2.05, 4.69) is 23.8 Å². The molecule has 188 valence electrons. The van der Waals surface area contributed by atoms with Gasteiger partial charge in [0.15, 0.2) is 0 Å². The van der Waals surface area contributed by atoms with Crippen molar-refractivity contribution in [2.24, 2.45) is 5.92 Å². The zero-order chi connectivity index (χ0) is 25.4. The number of ether oxygens (including phenoxy) is 1. The molecule has 1 aromatic rings. The number of allylic oxidation sites excluding steroid dienone is 2. The summed E-state index contributed by atoms with van der Waals surface area (Å²) in [5.74, 6) is -1.56. The van der Waals surface area contributed by atoms with Gasteiger partial charge >= 0.3 is 5.97 Å². The van der Waals surface area contributed by atoms with Crippen LogP contribution >= 0.6 is 0 Å². The first-order valence-corrected chi connectivity index (χ1v) is 11.8. The summed E-state index contributed by atoms with van der Waals surface area (Å²) in [7, 11) is 0. The number of esters is 1. The number of carbonyl (C=O) groups is 3. The van der Waals surface area contributed by atoms with Crippen LogP contribution in [0.25, 0.3) is 0 Å². The first-order valence-electron chi connectivity index (χ1n) is 11.8. The van der Waals surface area contributed by atoms with Crippen LogP contribution in [0.15, 0.2) is 55.6 Å². The average molecular weight is 473 g/mol. The van der Waals surface area contributed by atoms with Crippen molar-refractivity contribution in [2.75, 3.05) is 13.2 Å². The second-order valence-corrected chi connectivity index (χ2v) is 9.13. The fraction of sp³-hybridized carbons (Fsp3) is 0.519. The standard InChI is InChI=1S/C27H40N2O5/c1-5-7-8-12-16-25(32)34-20-27(3,4)29-26(33)22(13-6-2)18-24(31)28-23(19-30)17-21-14-10-9-11-15-21/h5-6,9-11,14-15,22-23,30H,1-2,7-8,12-13,16-20H2,3-4H3,(H,28,31)(H,29,33). The third kappa shape index (κ3) is 12.3. The molecule has 34 heavy (non-hydrogen) atoms. The van der Waals surface area contributed by atoms with Crippen LogP contribution in [0.4, 0.5) is 0 Å². The number of carbonyl (C=O) groups excluding carboxylic acids is 3. The first kappa shape index (κ1) is 29.1. The van der Waals surface area contributed by atoms with Crippen LogP contribution in [0.3, 0.4) is 0 Å². The molecule has 1 aromatic carbocycles. The monoisotopic (exact) mass is 472 g/mol. The van der Waals surface area contributed by atoms with Gasteiger partial charge in [0.25, 0.3) is 0 Å². The molecule has 0 bridgehead atoms. The van der Waals surface area contributed by atoms with E-state index in [0.29, 0.717) is 19.3 Å². The van der Waals surface area contributed by atoms with Gasteiger partial charge in [0.2, 0.25) is 11.8 Å². The first-order chi connectivity index (χ1) is 16.2. The Labute approximate surface area is 203 Å². The Balaban J connectivity index is 2.57. The largest absolute Gasteiger partial charge is 0.463 e. The number of unbranched alkanes of at least 4 members (excludes halogenated alkanes) is 2. The second kappa shape index (κ2) is 15.8. The third-order valence-electron chi connectivity index (χ3n) is 5.26.